The summed E-state index contributed by atoms with van der Waals surface area (Å²) in [6, 6.07) is 2.36. The Bertz CT molecular complexity index is 869. The Labute approximate surface area is 171 Å². The first-order valence-corrected chi connectivity index (χ1v) is 11.7. The number of likely N-dealkylation sites (tertiary alicyclic amines) is 1. The summed E-state index contributed by atoms with van der Waals surface area (Å²) in [6.45, 7) is 10.7. The van der Waals surface area contributed by atoms with Crippen molar-refractivity contribution < 1.29 is 4.39 Å². The maximum atomic E-state index is 15.3. The fourth-order valence-corrected chi connectivity index (χ4v) is 6.79. The Morgan fingerprint density at radius 2 is 1.96 bits per heavy atom. The predicted octanol–water partition coefficient (Wildman–Crippen LogP) is 4.68. The normalized spacial score (nSPS) is 24.7. The molecule has 0 amide bonds. The molecule has 1 unspecified atom stereocenters. The number of nitrogens with zero attached hydrogens (tertiary/aromatic N) is 4. The molecule has 4 heterocycles. The van der Waals surface area contributed by atoms with E-state index < -0.39 is 5.67 Å². The molecule has 4 nitrogen and oxygen atoms in total. The molecule has 0 aromatic carbocycles. The van der Waals surface area contributed by atoms with E-state index in [9.17, 15) is 0 Å². The van der Waals surface area contributed by atoms with Gasteiger partial charge in [0.2, 0.25) is 0 Å². The molecule has 3 aliphatic rings. The zero-order valence-electron chi connectivity index (χ0n) is 17.2. The van der Waals surface area contributed by atoms with Crippen LogP contribution in [0, 0.1) is 11.3 Å². The molecule has 0 radical (unpaired) electrons. The molecule has 5 rings (SSSR count). The molecule has 1 atom stereocenters. The quantitative estimate of drug-likeness (QED) is 0.727. The second-order valence-electron chi connectivity index (χ2n) is 9.64. The van der Waals surface area contributed by atoms with Gasteiger partial charge in [-0.05, 0) is 44.1 Å². The second-order valence-corrected chi connectivity index (χ2v) is 10.8. The van der Waals surface area contributed by atoms with Gasteiger partial charge in [0.05, 0.1) is 5.39 Å². The summed E-state index contributed by atoms with van der Waals surface area (Å²) >= 11 is 1.78. The summed E-state index contributed by atoms with van der Waals surface area (Å²) in [5.74, 6) is 1.47. The van der Waals surface area contributed by atoms with Crippen LogP contribution in [0.25, 0.3) is 10.2 Å². The lowest BCUT2D eigenvalue weighted by atomic mass is 9.68. The molecule has 1 aliphatic carbocycles. The molecule has 1 saturated carbocycles. The highest BCUT2D eigenvalue weighted by atomic mass is 32.1. The van der Waals surface area contributed by atoms with Crippen LogP contribution in [0.4, 0.5) is 10.2 Å². The summed E-state index contributed by atoms with van der Waals surface area (Å²) in [4.78, 5) is 16.5. The largest absolute Gasteiger partial charge is 0.355 e. The molecule has 0 N–H and O–H groups in total. The Kier molecular flexibility index (Phi) is 4.43. The molecule has 2 saturated heterocycles. The summed E-state index contributed by atoms with van der Waals surface area (Å²) in [6.07, 6.45) is 6.50. The molecule has 28 heavy (non-hydrogen) atoms. The van der Waals surface area contributed by atoms with E-state index >= 15 is 4.39 Å². The molecule has 1 spiro atoms. The van der Waals surface area contributed by atoms with Gasteiger partial charge in [-0.15, -0.1) is 11.3 Å². The first-order chi connectivity index (χ1) is 13.4. The molecule has 0 bridgehead atoms. The number of hydrogen-bond donors (Lipinski definition) is 0. The molecule has 2 aromatic rings. The standard InChI is InChI=1S/C22H31FN4S/c1-4-16-10-17-19(24-14-25-20(17)28-16)26-9-8-21(11-26)12-27(13-21)18(15(2)3)22(23)6-5-7-22/h10,14-15,18H,4-9,11-13H2,1-3H3. The van der Waals surface area contributed by atoms with E-state index in [-0.39, 0.29) is 6.04 Å². The van der Waals surface area contributed by atoms with Crippen molar-refractivity contribution in [1.82, 2.24) is 14.9 Å². The first-order valence-electron chi connectivity index (χ1n) is 10.8. The fourth-order valence-electron chi connectivity index (χ4n) is 5.86. The van der Waals surface area contributed by atoms with E-state index in [0.717, 1.165) is 62.5 Å². The molecule has 6 heteroatoms. The van der Waals surface area contributed by atoms with Crippen molar-refractivity contribution in [2.45, 2.75) is 64.6 Å². The third-order valence-electron chi connectivity index (χ3n) is 7.26. The van der Waals surface area contributed by atoms with Crippen LogP contribution in [0.1, 0.15) is 51.3 Å². The van der Waals surface area contributed by atoms with E-state index in [1.54, 1.807) is 17.7 Å². The summed E-state index contributed by atoms with van der Waals surface area (Å²) in [5.41, 5.74) is -0.631. The van der Waals surface area contributed by atoms with Gasteiger partial charge in [-0.25, -0.2) is 14.4 Å². The van der Waals surface area contributed by atoms with Gasteiger partial charge in [-0.2, -0.15) is 0 Å². The minimum atomic E-state index is -0.944. The van der Waals surface area contributed by atoms with Crippen molar-refractivity contribution in [3.63, 3.8) is 0 Å². The van der Waals surface area contributed by atoms with E-state index in [4.69, 9.17) is 0 Å². The van der Waals surface area contributed by atoms with Crippen molar-refractivity contribution >= 4 is 27.4 Å². The molecule has 2 aromatic heterocycles. The minimum Gasteiger partial charge on any atom is -0.355 e. The maximum Gasteiger partial charge on any atom is 0.140 e. The Hall–Kier alpha value is -1.27. The van der Waals surface area contributed by atoms with Crippen LogP contribution >= 0.6 is 11.3 Å². The second kappa shape index (κ2) is 6.63. The van der Waals surface area contributed by atoms with Gasteiger partial charge in [-0.3, -0.25) is 4.90 Å². The lowest BCUT2D eigenvalue weighted by Crippen LogP contribution is -2.67. The number of rotatable bonds is 5. The van der Waals surface area contributed by atoms with E-state index in [2.05, 4.69) is 46.6 Å². The number of aromatic nitrogens is 2. The summed E-state index contributed by atoms with van der Waals surface area (Å²) < 4.78 is 15.3. The van der Waals surface area contributed by atoms with Gasteiger partial charge in [0.1, 0.15) is 22.6 Å². The first kappa shape index (κ1) is 18.7. The zero-order valence-corrected chi connectivity index (χ0v) is 18.1. The lowest BCUT2D eigenvalue weighted by molar-refractivity contribution is -0.118. The Balaban J connectivity index is 1.32. The summed E-state index contributed by atoms with van der Waals surface area (Å²) in [5, 5.41) is 1.20. The minimum absolute atomic E-state index is 0.0932. The third kappa shape index (κ3) is 2.86. The van der Waals surface area contributed by atoms with Crippen molar-refractivity contribution in [2.24, 2.45) is 11.3 Å². The summed E-state index contributed by atoms with van der Waals surface area (Å²) in [7, 11) is 0. The number of hydrogen-bond acceptors (Lipinski definition) is 5. The van der Waals surface area contributed by atoms with Crippen LogP contribution in [-0.4, -0.2) is 52.8 Å². The monoisotopic (exact) mass is 402 g/mol. The van der Waals surface area contributed by atoms with Crippen molar-refractivity contribution in [1.29, 1.82) is 0 Å². The van der Waals surface area contributed by atoms with E-state index in [1.165, 1.54) is 16.7 Å². The number of anilines is 1. The highest BCUT2D eigenvalue weighted by Crippen LogP contribution is 2.49. The highest BCUT2D eigenvalue weighted by molar-refractivity contribution is 7.18. The van der Waals surface area contributed by atoms with Crippen molar-refractivity contribution in [3.8, 4) is 0 Å². The molecular weight excluding hydrogens is 371 g/mol. The Morgan fingerprint density at radius 3 is 2.61 bits per heavy atom. The van der Waals surface area contributed by atoms with Gasteiger partial charge in [0.25, 0.3) is 0 Å². The molecule has 2 aliphatic heterocycles. The van der Waals surface area contributed by atoms with E-state index in [1.807, 2.05) is 0 Å². The molecular formula is C22H31FN4S. The van der Waals surface area contributed by atoms with Crippen LogP contribution in [-0.2, 0) is 6.42 Å². The smallest absolute Gasteiger partial charge is 0.140 e. The average molecular weight is 403 g/mol. The Morgan fingerprint density at radius 1 is 1.18 bits per heavy atom. The van der Waals surface area contributed by atoms with Gasteiger partial charge < -0.3 is 4.90 Å². The van der Waals surface area contributed by atoms with Crippen LogP contribution < -0.4 is 4.90 Å². The number of aryl methyl sites for hydroxylation is 1. The highest BCUT2D eigenvalue weighted by Gasteiger charge is 2.56. The average Bonchev–Trinajstić information content (AvgIpc) is 3.23. The van der Waals surface area contributed by atoms with E-state index in [0.29, 0.717) is 11.3 Å². The van der Waals surface area contributed by atoms with Crippen molar-refractivity contribution in [3.05, 3.63) is 17.3 Å². The number of alkyl halides is 1. The SMILES string of the molecule is CCc1cc2c(N3CCC4(C3)CN(C(C(C)C)C3(F)CCC3)C4)ncnc2s1. The van der Waals surface area contributed by atoms with Gasteiger partial charge in [0.15, 0.2) is 0 Å². The van der Waals surface area contributed by atoms with Crippen LogP contribution in [0.5, 0.6) is 0 Å². The van der Waals surface area contributed by atoms with Gasteiger partial charge >= 0.3 is 0 Å². The predicted molar refractivity (Wildman–Crippen MR) is 114 cm³/mol. The number of halogens is 1. The van der Waals surface area contributed by atoms with Crippen LogP contribution in [0.2, 0.25) is 0 Å². The zero-order chi connectivity index (χ0) is 19.5. The van der Waals surface area contributed by atoms with Gasteiger partial charge in [0, 0.05) is 42.5 Å². The van der Waals surface area contributed by atoms with Gasteiger partial charge in [-0.1, -0.05) is 20.8 Å². The van der Waals surface area contributed by atoms with Crippen molar-refractivity contribution in [2.75, 3.05) is 31.1 Å². The number of thiophene rings is 1. The maximum absolute atomic E-state index is 15.3. The molecule has 3 fully saturated rings. The lowest BCUT2D eigenvalue weighted by Gasteiger charge is -2.57. The number of fused-ring (bicyclic) bond motifs is 1. The topological polar surface area (TPSA) is 32.3 Å². The van der Waals surface area contributed by atoms with Crippen LogP contribution in [0.3, 0.4) is 0 Å². The third-order valence-corrected chi connectivity index (χ3v) is 8.45. The van der Waals surface area contributed by atoms with Crippen LogP contribution in [0.15, 0.2) is 12.4 Å². The fraction of sp³-hybridized carbons (Fsp3) is 0.727. The molecule has 152 valence electrons.